The van der Waals surface area contributed by atoms with Gasteiger partial charge in [-0.2, -0.15) is 0 Å². The van der Waals surface area contributed by atoms with E-state index in [-0.39, 0.29) is 0 Å². The van der Waals surface area contributed by atoms with Crippen LogP contribution in [0.1, 0.15) is 18.9 Å². The van der Waals surface area contributed by atoms with Gasteiger partial charge in [-0.05, 0) is 30.7 Å². The van der Waals surface area contributed by atoms with Crippen LogP contribution in [0.2, 0.25) is 0 Å². The predicted molar refractivity (Wildman–Crippen MR) is 65.1 cm³/mol. The van der Waals surface area contributed by atoms with Gasteiger partial charge in [0.1, 0.15) is 6.29 Å². The van der Waals surface area contributed by atoms with Gasteiger partial charge in [-0.15, -0.1) is 0 Å². The van der Waals surface area contributed by atoms with Gasteiger partial charge in [0.25, 0.3) is 0 Å². The van der Waals surface area contributed by atoms with Crippen molar-refractivity contribution in [1.29, 1.82) is 0 Å². The Morgan fingerprint density at radius 3 is 2.20 bits per heavy atom. The molecule has 0 amide bonds. The summed E-state index contributed by atoms with van der Waals surface area (Å²) in [5.74, 6) is 0. The van der Waals surface area contributed by atoms with Crippen LogP contribution in [0.15, 0.2) is 24.3 Å². The van der Waals surface area contributed by atoms with Crippen molar-refractivity contribution in [2.45, 2.75) is 19.8 Å². The number of carbonyl (C=O) groups is 1. The first-order valence-electron chi connectivity index (χ1n) is 5.18. The monoisotopic (exact) mass is 208 g/mol. The lowest BCUT2D eigenvalue weighted by molar-refractivity contribution is -0.107. The van der Waals surface area contributed by atoms with E-state index < -0.39 is 0 Å². The van der Waals surface area contributed by atoms with Crippen molar-refractivity contribution in [2.75, 3.05) is 18.9 Å². The van der Waals surface area contributed by atoms with Crippen LogP contribution in [-0.2, 0) is 11.2 Å². The number of carbonyl (C=O) groups excluding carboxylic acids is 1. The third-order valence-electron chi connectivity index (χ3n) is 1.94. The van der Waals surface area contributed by atoms with E-state index in [1.165, 1.54) is 11.3 Å². The largest absolute Gasteiger partial charge is 0.388 e. The molecule has 0 aliphatic carbocycles. The quantitative estimate of drug-likeness (QED) is 0.742. The van der Waals surface area contributed by atoms with E-state index in [9.17, 15) is 4.79 Å². The highest BCUT2D eigenvalue weighted by atomic mass is 16.1. The van der Waals surface area contributed by atoms with Gasteiger partial charge in [-0.1, -0.05) is 19.1 Å². The molecular formula is C12H20N2O. The lowest BCUT2D eigenvalue weighted by Gasteiger charge is -1.99. The third-order valence-corrected chi connectivity index (χ3v) is 1.94. The molecule has 0 aliphatic heterocycles. The van der Waals surface area contributed by atoms with Gasteiger partial charge in [0.2, 0.25) is 0 Å². The van der Waals surface area contributed by atoms with Crippen molar-refractivity contribution < 1.29 is 4.79 Å². The summed E-state index contributed by atoms with van der Waals surface area (Å²) in [6.07, 6.45) is 2.41. The van der Waals surface area contributed by atoms with Crippen LogP contribution in [0.4, 0.5) is 5.69 Å². The van der Waals surface area contributed by atoms with Crippen molar-refractivity contribution in [3.63, 3.8) is 0 Å². The maximum absolute atomic E-state index is 9.32. The van der Waals surface area contributed by atoms with E-state index in [4.69, 9.17) is 5.73 Å². The number of anilines is 1. The van der Waals surface area contributed by atoms with Gasteiger partial charge < -0.3 is 15.8 Å². The molecule has 0 saturated carbocycles. The van der Waals surface area contributed by atoms with Crippen LogP contribution < -0.4 is 11.1 Å². The minimum Gasteiger partial charge on any atom is -0.388 e. The SMILES string of the molecule is CCc1ccc(NC)cc1.NCCC=O. The second kappa shape index (κ2) is 9.21. The zero-order valence-electron chi connectivity index (χ0n) is 9.49. The second-order valence-electron chi connectivity index (χ2n) is 3.04. The first-order valence-corrected chi connectivity index (χ1v) is 5.18. The fourth-order valence-electron chi connectivity index (χ4n) is 0.975. The molecule has 0 bridgehead atoms. The minimum atomic E-state index is 0.476. The van der Waals surface area contributed by atoms with Gasteiger partial charge >= 0.3 is 0 Å². The zero-order chi connectivity index (χ0) is 11.5. The van der Waals surface area contributed by atoms with Gasteiger partial charge in [-0.25, -0.2) is 0 Å². The summed E-state index contributed by atoms with van der Waals surface area (Å²) in [5.41, 5.74) is 7.47. The molecule has 3 heteroatoms. The van der Waals surface area contributed by atoms with E-state index in [2.05, 4.69) is 36.5 Å². The highest BCUT2D eigenvalue weighted by Gasteiger charge is 1.87. The summed E-state index contributed by atoms with van der Waals surface area (Å²) in [5, 5.41) is 3.08. The fourth-order valence-corrected chi connectivity index (χ4v) is 0.975. The molecule has 0 aliphatic rings. The molecule has 1 aromatic carbocycles. The maximum Gasteiger partial charge on any atom is 0.121 e. The molecular weight excluding hydrogens is 188 g/mol. The Morgan fingerprint density at radius 2 is 1.93 bits per heavy atom. The van der Waals surface area contributed by atoms with Crippen LogP contribution >= 0.6 is 0 Å². The molecule has 0 radical (unpaired) electrons. The van der Waals surface area contributed by atoms with Crippen molar-refractivity contribution in [2.24, 2.45) is 5.73 Å². The van der Waals surface area contributed by atoms with Gasteiger partial charge in [0.15, 0.2) is 0 Å². The lowest BCUT2D eigenvalue weighted by atomic mass is 10.1. The second-order valence-corrected chi connectivity index (χ2v) is 3.04. The Bertz CT molecular complexity index is 234. The summed E-state index contributed by atoms with van der Waals surface area (Å²) in [6, 6.07) is 8.48. The normalized spacial score (nSPS) is 8.73. The van der Waals surface area contributed by atoms with Crippen molar-refractivity contribution in [3.8, 4) is 0 Å². The van der Waals surface area contributed by atoms with Crippen LogP contribution in [0.25, 0.3) is 0 Å². The predicted octanol–water partition coefficient (Wildman–Crippen LogP) is 1.82. The molecule has 1 aromatic rings. The molecule has 0 heterocycles. The first-order chi connectivity index (χ1) is 7.28. The van der Waals surface area contributed by atoms with E-state index in [1.54, 1.807) is 0 Å². The molecule has 0 spiro atoms. The minimum absolute atomic E-state index is 0.476. The summed E-state index contributed by atoms with van der Waals surface area (Å²) in [7, 11) is 1.93. The van der Waals surface area contributed by atoms with Gasteiger partial charge in [-0.3, -0.25) is 0 Å². The maximum atomic E-state index is 9.32. The summed E-state index contributed by atoms with van der Waals surface area (Å²) < 4.78 is 0. The molecule has 0 saturated heterocycles. The highest BCUT2D eigenvalue weighted by Crippen LogP contribution is 2.08. The number of aryl methyl sites for hydroxylation is 1. The number of hydrogen-bond donors (Lipinski definition) is 2. The standard InChI is InChI=1S/C9H13N.C3H7NO/c1-3-8-4-6-9(10-2)7-5-8;4-2-1-3-5/h4-7,10H,3H2,1-2H3;3H,1-2,4H2. The van der Waals surface area contributed by atoms with Crippen LogP contribution in [0, 0.1) is 0 Å². The molecule has 0 fully saturated rings. The van der Waals surface area contributed by atoms with E-state index >= 15 is 0 Å². The molecule has 0 unspecified atom stereocenters. The number of nitrogens with one attached hydrogen (secondary N) is 1. The highest BCUT2D eigenvalue weighted by molar-refractivity contribution is 5.49. The molecule has 3 N–H and O–H groups in total. The summed E-state index contributed by atoms with van der Waals surface area (Å²) in [4.78, 5) is 9.32. The molecule has 1 rings (SSSR count). The average Bonchev–Trinajstić information content (AvgIpc) is 2.31. The van der Waals surface area contributed by atoms with Crippen LogP contribution in [0.3, 0.4) is 0 Å². The number of rotatable bonds is 4. The summed E-state index contributed by atoms with van der Waals surface area (Å²) in [6.45, 7) is 2.64. The molecule has 0 aromatic heterocycles. The molecule has 15 heavy (non-hydrogen) atoms. The molecule has 0 atom stereocenters. The topological polar surface area (TPSA) is 55.1 Å². The third kappa shape index (κ3) is 6.69. The average molecular weight is 208 g/mol. The fraction of sp³-hybridized carbons (Fsp3) is 0.417. The Hall–Kier alpha value is -1.35. The Labute approximate surface area is 91.7 Å². The van der Waals surface area contributed by atoms with E-state index in [0.29, 0.717) is 13.0 Å². The first kappa shape index (κ1) is 13.7. The van der Waals surface area contributed by atoms with Crippen LogP contribution in [0.5, 0.6) is 0 Å². The van der Waals surface area contributed by atoms with Crippen LogP contribution in [-0.4, -0.2) is 19.9 Å². The number of hydrogen-bond acceptors (Lipinski definition) is 3. The molecule has 84 valence electrons. The van der Waals surface area contributed by atoms with Crippen molar-refractivity contribution in [3.05, 3.63) is 29.8 Å². The Morgan fingerprint density at radius 1 is 1.33 bits per heavy atom. The number of aldehydes is 1. The number of nitrogens with two attached hydrogens (primary N) is 1. The molecule has 3 nitrogen and oxygen atoms in total. The van der Waals surface area contributed by atoms with Crippen molar-refractivity contribution >= 4 is 12.0 Å². The van der Waals surface area contributed by atoms with Gasteiger partial charge in [0, 0.05) is 19.2 Å². The van der Waals surface area contributed by atoms with Gasteiger partial charge in [0.05, 0.1) is 0 Å². The smallest absolute Gasteiger partial charge is 0.121 e. The van der Waals surface area contributed by atoms with E-state index in [1.807, 2.05) is 7.05 Å². The lowest BCUT2D eigenvalue weighted by Crippen LogP contribution is -1.97. The van der Waals surface area contributed by atoms with Crippen molar-refractivity contribution in [1.82, 2.24) is 0 Å². The zero-order valence-corrected chi connectivity index (χ0v) is 9.49. The number of benzene rings is 1. The Kier molecular flexibility index (Phi) is 8.39. The Balaban J connectivity index is 0.000000336. The summed E-state index contributed by atoms with van der Waals surface area (Å²) >= 11 is 0. The van der Waals surface area contributed by atoms with E-state index in [0.717, 1.165) is 12.7 Å².